The number of nitrogens with zero attached hydrogens (tertiary/aromatic N) is 2. The van der Waals surface area contributed by atoms with Crippen LogP contribution in [0.2, 0.25) is 0 Å². The Morgan fingerprint density at radius 2 is 0.860 bits per heavy atom. The summed E-state index contributed by atoms with van der Waals surface area (Å²) in [5.74, 6) is 1.72. The Morgan fingerprint density at radius 1 is 0.351 bits per heavy atom. The zero-order chi connectivity index (χ0) is 37.7. The molecule has 1 aliphatic heterocycles. The minimum atomic E-state index is 0.854. The second kappa shape index (κ2) is 14.1. The fourth-order valence-electron chi connectivity index (χ4n) is 7.99. The normalized spacial score (nSPS) is 11.9. The van der Waals surface area contributed by atoms with Crippen molar-refractivity contribution < 1.29 is 4.74 Å². The first-order valence-corrected chi connectivity index (χ1v) is 20.7. The number of thiophene rings is 1. The minimum absolute atomic E-state index is 0.854. The van der Waals surface area contributed by atoms with Gasteiger partial charge in [-0.3, -0.25) is 0 Å². The van der Waals surface area contributed by atoms with E-state index in [4.69, 9.17) is 4.74 Å². The first-order valence-electron chi connectivity index (χ1n) is 19.1. The highest BCUT2D eigenvalue weighted by molar-refractivity contribution is 7.99. The Kier molecular flexibility index (Phi) is 8.27. The molecule has 0 unspecified atom stereocenters. The van der Waals surface area contributed by atoms with E-state index in [2.05, 4.69) is 216 Å². The van der Waals surface area contributed by atoms with Crippen LogP contribution in [-0.2, 0) is 0 Å². The fourth-order valence-corrected chi connectivity index (χ4v) is 10.0. The van der Waals surface area contributed by atoms with Crippen molar-refractivity contribution in [3.05, 3.63) is 206 Å². The molecule has 0 N–H and O–H groups in total. The molecule has 0 atom stereocenters. The van der Waals surface area contributed by atoms with Crippen molar-refractivity contribution in [3.8, 4) is 22.6 Å². The van der Waals surface area contributed by atoms with Crippen LogP contribution >= 0.6 is 23.1 Å². The molecule has 11 rings (SSSR count). The lowest BCUT2D eigenvalue weighted by Crippen LogP contribution is -2.10. The van der Waals surface area contributed by atoms with Crippen molar-refractivity contribution in [3.63, 3.8) is 0 Å². The van der Waals surface area contributed by atoms with E-state index >= 15 is 0 Å². The summed E-state index contributed by atoms with van der Waals surface area (Å²) >= 11 is 3.61. The average molecular weight is 767 g/mol. The Balaban J connectivity index is 0.936. The number of para-hydroxylation sites is 3. The summed E-state index contributed by atoms with van der Waals surface area (Å²) in [4.78, 5) is 6.83. The van der Waals surface area contributed by atoms with E-state index < -0.39 is 0 Å². The van der Waals surface area contributed by atoms with Crippen LogP contribution in [0.25, 0.3) is 42.1 Å². The van der Waals surface area contributed by atoms with Gasteiger partial charge < -0.3 is 14.5 Å². The van der Waals surface area contributed by atoms with Gasteiger partial charge in [0.2, 0.25) is 0 Å². The molecule has 270 valence electrons. The Hall–Kier alpha value is -6.79. The Morgan fingerprint density at radius 3 is 1.56 bits per heavy atom. The lowest BCUT2D eigenvalue weighted by atomic mass is 10.0. The molecule has 0 radical (unpaired) electrons. The smallest absolute Gasteiger partial charge is 0.143 e. The fraction of sp³-hybridized carbons (Fsp3) is 0. The maximum absolute atomic E-state index is 6.79. The van der Waals surface area contributed by atoms with Crippen LogP contribution in [0.5, 0.6) is 11.5 Å². The van der Waals surface area contributed by atoms with Gasteiger partial charge in [0.1, 0.15) is 11.5 Å². The molecular weight excluding hydrogens is 733 g/mol. The molecule has 5 heteroatoms. The molecule has 0 spiro atoms. The van der Waals surface area contributed by atoms with E-state index in [1.54, 1.807) is 11.8 Å². The second-order valence-electron chi connectivity index (χ2n) is 14.2. The van der Waals surface area contributed by atoms with E-state index in [1.165, 1.54) is 30.9 Å². The number of anilines is 6. The standard InChI is InChI=1S/C52H34N2OS2/c1-4-13-38(14-5-1)53(39-15-6-2-7-16-39)41-24-20-35(21-25-41)37-23-28-49-46(32-37)55-47-34-43(27-31-50(47)57-49)54(40-17-8-3-9-18-40)42-26-30-48-45(33-42)52-44-19-11-10-12-36(44)22-29-51(52)56-48/h1-34H. The van der Waals surface area contributed by atoms with Gasteiger partial charge in [-0.15, -0.1) is 11.3 Å². The van der Waals surface area contributed by atoms with Crippen molar-refractivity contribution in [1.82, 2.24) is 0 Å². The predicted molar refractivity (Wildman–Crippen MR) is 242 cm³/mol. The Bertz CT molecular complexity index is 3030. The monoisotopic (exact) mass is 766 g/mol. The predicted octanol–water partition coefficient (Wildman–Crippen LogP) is 16.1. The summed E-state index contributed by atoms with van der Waals surface area (Å²) in [6, 6.07) is 73.6. The van der Waals surface area contributed by atoms with Gasteiger partial charge in [-0.25, -0.2) is 0 Å². The van der Waals surface area contributed by atoms with Crippen LogP contribution in [0.15, 0.2) is 216 Å². The molecule has 0 saturated heterocycles. The van der Waals surface area contributed by atoms with Crippen LogP contribution < -0.4 is 14.5 Å². The van der Waals surface area contributed by atoms with E-state index in [1.807, 2.05) is 11.3 Å². The molecular formula is C52H34N2OS2. The zero-order valence-electron chi connectivity index (χ0n) is 30.7. The summed E-state index contributed by atoms with van der Waals surface area (Å²) in [6.45, 7) is 0. The first-order chi connectivity index (χ1) is 28.2. The molecule has 0 saturated carbocycles. The van der Waals surface area contributed by atoms with Gasteiger partial charge in [0.05, 0.1) is 9.79 Å². The van der Waals surface area contributed by atoms with E-state index in [-0.39, 0.29) is 0 Å². The van der Waals surface area contributed by atoms with Gasteiger partial charge in [-0.05, 0) is 119 Å². The van der Waals surface area contributed by atoms with E-state index in [9.17, 15) is 0 Å². The molecule has 0 fully saturated rings. The van der Waals surface area contributed by atoms with Crippen LogP contribution in [0.1, 0.15) is 0 Å². The van der Waals surface area contributed by atoms with Crippen LogP contribution in [0, 0.1) is 0 Å². The van der Waals surface area contributed by atoms with Gasteiger partial charge in [-0.2, -0.15) is 0 Å². The third kappa shape index (κ3) is 6.09. The van der Waals surface area contributed by atoms with Gasteiger partial charge in [0.15, 0.2) is 0 Å². The van der Waals surface area contributed by atoms with Crippen molar-refractivity contribution in [1.29, 1.82) is 0 Å². The SMILES string of the molecule is c1ccc(N(c2ccccc2)c2ccc(-c3ccc4c(c3)Oc3cc(N(c5ccccc5)c5ccc6sc7ccc8ccccc8c7c6c5)ccc3S4)cc2)cc1. The van der Waals surface area contributed by atoms with Crippen molar-refractivity contribution in [2.45, 2.75) is 9.79 Å². The molecule has 10 aromatic rings. The lowest BCUT2D eigenvalue weighted by Gasteiger charge is -2.28. The van der Waals surface area contributed by atoms with Crippen molar-refractivity contribution >= 4 is 88.2 Å². The summed E-state index contributed by atoms with van der Waals surface area (Å²) in [7, 11) is 0. The van der Waals surface area contributed by atoms with Gasteiger partial charge in [0, 0.05) is 60.4 Å². The summed E-state index contributed by atoms with van der Waals surface area (Å²) in [5, 5.41) is 5.15. The van der Waals surface area contributed by atoms with Gasteiger partial charge in [0.25, 0.3) is 0 Å². The number of ether oxygens (including phenoxy) is 1. The second-order valence-corrected chi connectivity index (χ2v) is 16.3. The molecule has 57 heavy (non-hydrogen) atoms. The van der Waals surface area contributed by atoms with Crippen molar-refractivity contribution in [2.75, 3.05) is 9.80 Å². The topological polar surface area (TPSA) is 15.7 Å². The summed E-state index contributed by atoms with van der Waals surface area (Å²) in [6.07, 6.45) is 0. The quantitative estimate of drug-likeness (QED) is 0.160. The average Bonchev–Trinajstić information content (AvgIpc) is 3.66. The lowest BCUT2D eigenvalue weighted by molar-refractivity contribution is 0.455. The summed E-state index contributed by atoms with van der Waals surface area (Å²) in [5.41, 5.74) is 8.83. The van der Waals surface area contributed by atoms with Crippen LogP contribution in [0.4, 0.5) is 34.1 Å². The summed E-state index contributed by atoms with van der Waals surface area (Å²) < 4.78 is 9.38. The maximum Gasteiger partial charge on any atom is 0.143 e. The molecule has 2 heterocycles. The number of hydrogen-bond donors (Lipinski definition) is 0. The highest BCUT2D eigenvalue weighted by atomic mass is 32.2. The molecule has 0 amide bonds. The first kappa shape index (κ1) is 33.5. The number of fused-ring (bicyclic) bond motifs is 7. The molecule has 9 aromatic carbocycles. The Labute approximate surface area is 339 Å². The maximum atomic E-state index is 6.79. The van der Waals surface area contributed by atoms with Crippen LogP contribution in [0.3, 0.4) is 0 Å². The van der Waals surface area contributed by atoms with Gasteiger partial charge in [-0.1, -0.05) is 115 Å². The van der Waals surface area contributed by atoms with Crippen LogP contribution in [-0.4, -0.2) is 0 Å². The van der Waals surface area contributed by atoms with E-state index in [0.717, 1.165) is 66.5 Å². The minimum Gasteiger partial charge on any atom is -0.455 e. The molecule has 3 nitrogen and oxygen atoms in total. The zero-order valence-corrected chi connectivity index (χ0v) is 32.4. The molecule has 1 aromatic heterocycles. The third-order valence-corrected chi connectivity index (χ3v) is 12.9. The largest absolute Gasteiger partial charge is 0.455 e. The molecule has 0 aliphatic carbocycles. The molecule has 0 bridgehead atoms. The van der Waals surface area contributed by atoms with Gasteiger partial charge >= 0.3 is 0 Å². The van der Waals surface area contributed by atoms with E-state index in [0.29, 0.717) is 0 Å². The van der Waals surface area contributed by atoms with Crippen molar-refractivity contribution in [2.24, 2.45) is 0 Å². The third-order valence-electron chi connectivity index (χ3n) is 10.7. The number of rotatable bonds is 7. The highest BCUT2D eigenvalue weighted by Gasteiger charge is 2.23. The molecule has 1 aliphatic rings. The number of benzene rings is 9. The number of hydrogen-bond acceptors (Lipinski definition) is 5. The highest BCUT2D eigenvalue weighted by Crippen LogP contribution is 2.51.